The van der Waals surface area contributed by atoms with Crippen LogP contribution in [0.5, 0.6) is 5.75 Å². The third kappa shape index (κ3) is 4.92. The lowest BCUT2D eigenvalue weighted by Crippen LogP contribution is -2.38. The van der Waals surface area contributed by atoms with Crippen molar-refractivity contribution in [2.75, 3.05) is 13.1 Å². The Balaban J connectivity index is 0.00000192. The number of halogens is 1. The van der Waals surface area contributed by atoms with Crippen LogP contribution in [0.15, 0.2) is 28.8 Å². The fourth-order valence-electron chi connectivity index (χ4n) is 2.63. The van der Waals surface area contributed by atoms with E-state index in [9.17, 15) is 0 Å². The largest absolute Gasteiger partial charge is 0.490 e. The van der Waals surface area contributed by atoms with Crippen LogP contribution in [0, 0.1) is 6.92 Å². The maximum atomic E-state index is 6.04. The van der Waals surface area contributed by atoms with Crippen molar-refractivity contribution >= 4 is 12.4 Å². The van der Waals surface area contributed by atoms with Gasteiger partial charge in [0.15, 0.2) is 5.82 Å². The number of piperidine rings is 1. The van der Waals surface area contributed by atoms with Gasteiger partial charge in [0, 0.05) is 13.1 Å². The van der Waals surface area contributed by atoms with E-state index >= 15 is 0 Å². The summed E-state index contributed by atoms with van der Waals surface area (Å²) >= 11 is 0. The van der Waals surface area contributed by atoms with Gasteiger partial charge in [-0.25, -0.2) is 0 Å². The molecular weight excluding hydrogens is 316 g/mol. The van der Waals surface area contributed by atoms with Crippen molar-refractivity contribution in [2.45, 2.75) is 39.0 Å². The van der Waals surface area contributed by atoms with Gasteiger partial charge in [0.2, 0.25) is 5.89 Å². The highest BCUT2D eigenvalue weighted by Gasteiger charge is 2.21. The maximum absolute atomic E-state index is 6.04. The molecule has 0 amide bonds. The van der Waals surface area contributed by atoms with Crippen LogP contribution >= 0.6 is 12.4 Å². The smallest absolute Gasteiger partial charge is 0.240 e. The number of benzene rings is 1. The molecule has 1 aromatic carbocycles. The first-order chi connectivity index (χ1) is 10.7. The summed E-state index contributed by atoms with van der Waals surface area (Å²) in [7, 11) is 0. The molecule has 1 aliphatic rings. The summed E-state index contributed by atoms with van der Waals surface area (Å²) in [5.41, 5.74) is 6.72. The Kier molecular flexibility index (Phi) is 6.38. The summed E-state index contributed by atoms with van der Waals surface area (Å²) in [6, 6.07) is 8.23. The summed E-state index contributed by atoms with van der Waals surface area (Å²) in [5.74, 6) is 2.15. The van der Waals surface area contributed by atoms with E-state index < -0.39 is 0 Å². The molecule has 0 radical (unpaired) electrons. The molecule has 7 heteroatoms. The predicted molar refractivity (Wildman–Crippen MR) is 89.5 cm³/mol. The molecule has 1 aromatic heterocycles. The zero-order chi connectivity index (χ0) is 15.4. The Labute approximate surface area is 142 Å². The van der Waals surface area contributed by atoms with E-state index in [1.165, 1.54) is 5.56 Å². The molecule has 1 fully saturated rings. The van der Waals surface area contributed by atoms with Crippen molar-refractivity contribution < 1.29 is 9.26 Å². The summed E-state index contributed by atoms with van der Waals surface area (Å²) in [4.78, 5) is 6.56. The van der Waals surface area contributed by atoms with Gasteiger partial charge < -0.3 is 15.0 Å². The topological polar surface area (TPSA) is 77.4 Å². The van der Waals surface area contributed by atoms with E-state index in [2.05, 4.69) is 34.1 Å². The standard InChI is InChI=1S/C16H22N4O2.ClH/c1-12-2-4-13(5-3-12)21-14-6-8-20(9-7-14)11-15-18-16(10-17)22-19-15;/h2-5,14H,6-11,17H2,1H3;1H. The maximum Gasteiger partial charge on any atom is 0.240 e. The van der Waals surface area contributed by atoms with E-state index in [1.54, 1.807) is 0 Å². The molecule has 2 heterocycles. The fourth-order valence-corrected chi connectivity index (χ4v) is 2.63. The minimum atomic E-state index is 0. The van der Waals surface area contributed by atoms with Crippen LogP contribution in [0.25, 0.3) is 0 Å². The van der Waals surface area contributed by atoms with Crippen LogP contribution in [0.3, 0.4) is 0 Å². The van der Waals surface area contributed by atoms with Gasteiger partial charge in [-0.15, -0.1) is 12.4 Å². The number of aromatic nitrogens is 2. The van der Waals surface area contributed by atoms with Gasteiger partial charge in [0.1, 0.15) is 11.9 Å². The van der Waals surface area contributed by atoms with E-state index in [4.69, 9.17) is 15.0 Å². The molecule has 3 rings (SSSR count). The predicted octanol–water partition coefficient (Wildman–Crippen LogP) is 2.30. The molecule has 1 saturated heterocycles. The van der Waals surface area contributed by atoms with Gasteiger partial charge in [-0.05, 0) is 31.9 Å². The average molecular weight is 339 g/mol. The molecule has 0 bridgehead atoms. The molecule has 0 atom stereocenters. The zero-order valence-corrected chi connectivity index (χ0v) is 14.1. The first-order valence-corrected chi connectivity index (χ1v) is 7.70. The molecule has 6 nitrogen and oxygen atoms in total. The number of rotatable bonds is 5. The molecule has 0 saturated carbocycles. The number of nitrogens with two attached hydrogens (primary N) is 1. The zero-order valence-electron chi connectivity index (χ0n) is 13.3. The van der Waals surface area contributed by atoms with E-state index in [1.807, 2.05) is 12.1 Å². The number of likely N-dealkylation sites (tertiary alicyclic amines) is 1. The van der Waals surface area contributed by atoms with E-state index in [0.29, 0.717) is 24.8 Å². The van der Waals surface area contributed by atoms with Crippen molar-refractivity contribution in [2.24, 2.45) is 5.73 Å². The van der Waals surface area contributed by atoms with Crippen molar-refractivity contribution in [3.63, 3.8) is 0 Å². The molecule has 1 aliphatic heterocycles. The normalized spacial score (nSPS) is 16.1. The second-order valence-electron chi connectivity index (χ2n) is 5.71. The van der Waals surface area contributed by atoms with Crippen LogP contribution in [0.2, 0.25) is 0 Å². The number of ether oxygens (including phenoxy) is 1. The molecule has 0 aliphatic carbocycles. The van der Waals surface area contributed by atoms with Crippen LogP contribution < -0.4 is 10.5 Å². The van der Waals surface area contributed by atoms with Crippen LogP contribution in [0.4, 0.5) is 0 Å². The minimum absolute atomic E-state index is 0. The van der Waals surface area contributed by atoms with E-state index in [0.717, 1.165) is 31.7 Å². The first kappa shape index (κ1) is 17.7. The van der Waals surface area contributed by atoms with Gasteiger partial charge in [-0.2, -0.15) is 4.98 Å². The quantitative estimate of drug-likeness (QED) is 0.901. The Morgan fingerprint density at radius 2 is 1.96 bits per heavy atom. The summed E-state index contributed by atoms with van der Waals surface area (Å²) in [6.07, 6.45) is 2.30. The molecular formula is C16H23ClN4O2. The van der Waals surface area contributed by atoms with Gasteiger partial charge in [0.25, 0.3) is 0 Å². The highest BCUT2D eigenvalue weighted by molar-refractivity contribution is 5.85. The van der Waals surface area contributed by atoms with Crippen molar-refractivity contribution in [3.8, 4) is 5.75 Å². The molecule has 2 aromatic rings. The molecule has 0 spiro atoms. The molecule has 2 N–H and O–H groups in total. The average Bonchev–Trinajstić information content (AvgIpc) is 2.99. The highest BCUT2D eigenvalue weighted by Crippen LogP contribution is 2.20. The fraction of sp³-hybridized carbons (Fsp3) is 0.500. The van der Waals surface area contributed by atoms with Crippen molar-refractivity contribution in [3.05, 3.63) is 41.5 Å². The Hall–Kier alpha value is -1.63. The summed E-state index contributed by atoms with van der Waals surface area (Å²) in [6.45, 7) is 5.03. The summed E-state index contributed by atoms with van der Waals surface area (Å²) in [5, 5.41) is 3.94. The van der Waals surface area contributed by atoms with Gasteiger partial charge in [-0.3, -0.25) is 4.90 Å². The highest BCUT2D eigenvalue weighted by atomic mass is 35.5. The Morgan fingerprint density at radius 3 is 2.57 bits per heavy atom. The lowest BCUT2D eigenvalue weighted by molar-refractivity contribution is 0.0949. The lowest BCUT2D eigenvalue weighted by Gasteiger charge is -2.31. The number of hydrogen-bond donors (Lipinski definition) is 1. The third-order valence-electron chi connectivity index (χ3n) is 3.91. The molecule has 126 valence electrons. The van der Waals surface area contributed by atoms with Crippen LogP contribution in [-0.4, -0.2) is 34.2 Å². The SMILES string of the molecule is Cc1ccc(OC2CCN(Cc3noc(CN)n3)CC2)cc1.Cl. The number of hydrogen-bond acceptors (Lipinski definition) is 6. The van der Waals surface area contributed by atoms with Gasteiger partial charge >= 0.3 is 0 Å². The second-order valence-corrected chi connectivity index (χ2v) is 5.71. The van der Waals surface area contributed by atoms with Gasteiger partial charge in [-0.1, -0.05) is 22.9 Å². The van der Waals surface area contributed by atoms with Gasteiger partial charge in [0.05, 0.1) is 13.1 Å². The number of nitrogens with zero attached hydrogens (tertiary/aromatic N) is 3. The minimum Gasteiger partial charge on any atom is -0.490 e. The molecule has 23 heavy (non-hydrogen) atoms. The molecule has 0 unspecified atom stereocenters. The first-order valence-electron chi connectivity index (χ1n) is 7.70. The van der Waals surface area contributed by atoms with Crippen molar-refractivity contribution in [1.82, 2.24) is 15.0 Å². The monoisotopic (exact) mass is 338 g/mol. The third-order valence-corrected chi connectivity index (χ3v) is 3.91. The van der Waals surface area contributed by atoms with Crippen LogP contribution in [-0.2, 0) is 13.1 Å². The van der Waals surface area contributed by atoms with Crippen molar-refractivity contribution in [1.29, 1.82) is 0 Å². The summed E-state index contributed by atoms with van der Waals surface area (Å²) < 4.78 is 11.1. The number of aryl methyl sites for hydroxylation is 1. The second kappa shape index (κ2) is 8.29. The van der Waals surface area contributed by atoms with Crippen LogP contribution in [0.1, 0.15) is 30.1 Å². The Bertz CT molecular complexity index is 594. The van der Waals surface area contributed by atoms with E-state index in [-0.39, 0.29) is 18.5 Å². The lowest BCUT2D eigenvalue weighted by atomic mass is 10.1. The Morgan fingerprint density at radius 1 is 1.26 bits per heavy atom.